The zero-order chi connectivity index (χ0) is 15.2. The van der Waals surface area contributed by atoms with Gasteiger partial charge in [0.05, 0.1) is 5.56 Å². The summed E-state index contributed by atoms with van der Waals surface area (Å²) >= 11 is 5.84. The first-order valence-electron chi connectivity index (χ1n) is 5.98. The monoisotopic (exact) mass is 302 g/mol. The van der Waals surface area contributed by atoms with Crippen LogP contribution in [0.15, 0.2) is 48.7 Å². The van der Waals surface area contributed by atoms with Crippen molar-refractivity contribution in [3.63, 3.8) is 0 Å². The van der Waals surface area contributed by atoms with Gasteiger partial charge in [-0.1, -0.05) is 23.7 Å². The summed E-state index contributed by atoms with van der Waals surface area (Å²) in [5, 5.41) is 11.9. The quantitative estimate of drug-likeness (QED) is 0.851. The fourth-order valence-corrected chi connectivity index (χ4v) is 1.74. The Bertz CT molecular complexity index is 696. The van der Waals surface area contributed by atoms with Gasteiger partial charge in [0.2, 0.25) is 5.91 Å². The number of rotatable bonds is 4. The fraction of sp³-hybridized carbons (Fsp3) is 0. The molecule has 5 nitrogen and oxygen atoms in total. The molecule has 6 heteroatoms. The molecule has 1 heterocycles. The summed E-state index contributed by atoms with van der Waals surface area (Å²) in [4.78, 5) is 26.2. The molecule has 2 aromatic rings. The van der Waals surface area contributed by atoms with Gasteiger partial charge in [-0.3, -0.25) is 4.79 Å². The van der Waals surface area contributed by atoms with E-state index in [1.807, 2.05) is 6.07 Å². The number of anilines is 1. The molecule has 2 rings (SSSR count). The van der Waals surface area contributed by atoms with Crippen molar-refractivity contribution < 1.29 is 14.7 Å². The lowest BCUT2D eigenvalue weighted by molar-refractivity contribution is -0.111. The summed E-state index contributed by atoms with van der Waals surface area (Å²) in [5.74, 6) is -1.16. The third-order valence-corrected chi connectivity index (χ3v) is 2.77. The molecule has 0 spiro atoms. The number of carboxylic acids is 1. The lowest BCUT2D eigenvalue weighted by Crippen LogP contribution is -2.09. The van der Waals surface area contributed by atoms with Gasteiger partial charge in [-0.25, -0.2) is 9.78 Å². The highest BCUT2D eigenvalue weighted by atomic mass is 35.5. The Labute approximate surface area is 125 Å². The van der Waals surface area contributed by atoms with E-state index in [0.717, 1.165) is 5.56 Å². The fourth-order valence-electron chi connectivity index (χ4n) is 1.54. The SMILES string of the molecule is O=C(C=Cc1cccc(Cl)c1)Nc1ccc(C(=O)O)cn1. The molecule has 0 atom stereocenters. The number of hydrogen-bond donors (Lipinski definition) is 2. The molecule has 0 aliphatic rings. The Morgan fingerprint density at radius 3 is 2.67 bits per heavy atom. The molecule has 0 unspecified atom stereocenters. The van der Waals surface area contributed by atoms with Crippen LogP contribution in [0.1, 0.15) is 15.9 Å². The van der Waals surface area contributed by atoms with E-state index >= 15 is 0 Å². The maximum atomic E-state index is 11.7. The molecule has 1 amide bonds. The molecule has 2 N–H and O–H groups in total. The topological polar surface area (TPSA) is 79.3 Å². The van der Waals surface area contributed by atoms with Crippen molar-refractivity contribution in [2.75, 3.05) is 5.32 Å². The van der Waals surface area contributed by atoms with Crippen molar-refractivity contribution in [3.8, 4) is 0 Å². The molecular formula is C15H11ClN2O3. The van der Waals surface area contributed by atoms with Crippen LogP contribution in [0.4, 0.5) is 5.82 Å². The number of carbonyl (C=O) groups excluding carboxylic acids is 1. The van der Waals surface area contributed by atoms with Crippen molar-refractivity contribution >= 4 is 35.4 Å². The second-order valence-electron chi connectivity index (χ2n) is 4.11. The van der Waals surface area contributed by atoms with E-state index in [1.54, 1.807) is 24.3 Å². The van der Waals surface area contributed by atoms with Crippen LogP contribution in [0.2, 0.25) is 5.02 Å². The van der Waals surface area contributed by atoms with E-state index < -0.39 is 5.97 Å². The normalized spacial score (nSPS) is 10.5. The summed E-state index contributed by atoms with van der Waals surface area (Å²) in [6.07, 6.45) is 4.14. The molecule has 0 aliphatic heterocycles. The minimum absolute atomic E-state index is 0.0578. The van der Waals surface area contributed by atoms with Crippen LogP contribution >= 0.6 is 11.6 Å². The van der Waals surface area contributed by atoms with Crippen LogP contribution < -0.4 is 5.32 Å². The molecule has 0 fully saturated rings. The summed E-state index contributed by atoms with van der Waals surface area (Å²) in [6.45, 7) is 0. The third kappa shape index (κ3) is 4.43. The molecule has 0 aliphatic carbocycles. The minimum Gasteiger partial charge on any atom is -0.478 e. The summed E-state index contributed by atoms with van der Waals surface area (Å²) < 4.78 is 0. The number of nitrogens with zero attached hydrogens (tertiary/aromatic N) is 1. The largest absolute Gasteiger partial charge is 0.478 e. The van der Waals surface area contributed by atoms with Gasteiger partial charge in [0.1, 0.15) is 5.82 Å². The average Bonchev–Trinajstić information content (AvgIpc) is 2.46. The molecule has 0 bridgehead atoms. The highest BCUT2D eigenvalue weighted by Gasteiger charge is 2.04. The number of amides is 1. The number of carbonyl (C=O) groups is 2. The maximum Gasteiger partial charge on any atom is 0.337 e. The molecule has 0 radical (unpaired) electrons. The molecule has 106 valence electrons. The second-order valence-corrected chi connectivity index (χ2v) is 4.55. The van der Waals surface area contributed by atoms with Gasteiger partial charge in [0.25, 0.3) is 0 Å². The lowest BCUT2D eigenvalue weighted by Gasteiger charge is -2.01. The van der Waals surface area contributed by atoms with Crippen LogP contribution in [-0.2, 0) is 4.79 Å². The van der Waals surface area contributed by atoms with E-state index in [1.165, 1.54) is 24.4 Å². The first kappa shape index (κ1) is 14.7. The Balaban J connectivity index is 1.99. The van der Waals surface area contributed by atoms with Gasteiger partial charge in [0, 0.05) is 17.3 Å². The van der Waals surface area contributed by atoms with Crippen molar-refractivity contribution in [2.45, 2.75) is 0 Å². The second kappa shape index (κ2) is 6.67. The molecule has 0 saturated heterocycles. The molecular weight excluding hydrogens is 292 g/mol. The van der Waals surface area contributed by atoms with Crippen molar-refractivity contribution in [1.29, 1.82) is 0 Å². The maximum absolute atomic E-state index is 11.7. The number of aromatic nitrogens is 1. The van der Waals surface area contributed by atoms with Crippen LogP contribution in [0.3, 0.4) is 0 Å². The zero-order valence-electron chi connectivity index (χ0n) is 10.8. The van der Waals surface area contributed by atoms with Gasteiger partial charge in [-0.15, -0.1) is 0 Å². The van der Waals surface area contributed by atoms with Gasteiger partial charge in [-0.2, -0.15) is 0 Å². The molecule has 21 heavy (non-hydrogen) atoms. The first-order valence-corrected chi connectivity index (χ1v) is 6.36. The van der Waals surface area contributed by atoms with E-state index in [0.29, 0.717) is 5.02 Å². The smallest absolute Gasteiger partial charge is 0.337 e. The average molecular weight is 303 g/mol. The molecule has 1 aromatic carbocycles. The van der Waals surface area contributed by atoms with Crippen molar-refractivity contribution in [2.24, 2.45) is 0 Å². The summed E-state index contributed by atoms with van der Waals surface area (Å²) in [6, 6.07) is 9.86. The predicted molar refractivity (Wildman–Crippen MR) is 80.3 cm³/mol. The van der Waals surface area contributed by atoms with E-state index in [9.17, 15) is 9.59 Å². The van der Waals surface area contributed by atoms with Crippen LogP contribution in [0.5, 0.6) is 0 Å². The third-order valence-electron chi connectivity index (χ3n) is 2.54. The summed E-state index contributed by atoms with van der Waals surface area (Å²) in [7, 11) is 0. The van der Waals surface area contributed by atoms with Crippen molar-refractivity contribution in [1.82, 2.24) is 4.98 Å². The van der Waals surface area contributed by atoms with Crippen LogP contribution in [0.25, 0.3) is 6.08 Å². The van der Waals surface area contributed by atoms with E-state index in [2.05, 4.69) is 10.3 Å². The Morgan fingerprint density at radius 2 is 2.05 bits per heavy atom. The molecule has 1 aromatic heterocycles. The number of nitrogens with one attached hydrogen (secondary N) is 1. The minimum atomic E-state index is -1.07. The number of aromatic carboxylic acids is 1. The Hall–Kier alpha value is -2.66. The molecule has 0 saturated carbocycles. The van der Waals surface area contributed by atoms with Crippen molar-refractivity contribution in [3.05, 3.63) is 64.8 Å². The predicted octanol–water partition coefficient (Wildman–Crippen LogP) is 3.09. The summed E-state index contributed by atoms with van der Waals surface area (Å²) in [5.41, 5.74) is 0.856. The number of halogens is 1. The van der Waals surface area contributed by atoms with Gasteiger partial charge in [0.15, 0.2) is 0 Å². The van der Waals surface area contributed by atoms with Gasteiger partial charge in [-0.05, 0) is 35.9 Å². The number of pyridine rings is 1. The highest BCUT2D eigenvalue weighted by Crippen LogP contribution is 2.12. The Kier molecular flexibility index (Phi) is 4.68. The van der Waals surface area contributed by atoms with Gasteiger partial charge < -0.3 is 10.4 Å². The van der Waals surface area contributed by atoms with E-state index in [4.69, 9.17) is 16.7 Å². The number of carboxylic acid groups (broad SMARTS) is 1. The van der Waals surface area contributed by atoms with Gasteiger partial charge >= 0.3 is 5.97 Å². The van der Waals surface area contributed by atoms with E-state index in [-0.39, 0.29) is 17.3 Å². The Morgan fingerprint density at radius 1 is 1.24 bits per heavy atom. The zero-order valence-corrected chi connectivity index (χ0v) is 11.5. The number of hydrogen-bond acceptors (Lipinski definition) is 3. The standard InChI is InChI=1S/C15H11ClN2O3/c16-12-3-1-2-10(8-12)4-7-14(19)18-13-6-5-11(9-17-13)15(20)21/h1-9H,(H,20,21)(H,17,18,19). The number of benzene rings is 1. The van der Waals surface area contributed by atoms with Crippen LogP contribution in [-0.4, -0.2) is 22.0 Å². The highest BCUT2D eigenvalue weighted by molar-refractivity contribution is 6.30. The van der Waals surface area contributed by atoms with Crippen LogP contribution in [0, 0.1) is 0 Å². The first-order chi connectivity index (χ1) is 10.0. The lowest BCUT2D eigenvalue weighted by atomic mass is 10.2.